The summed E-state index contributed by atoms with van der Waals surface area (Å²) in [5.41, 5.74) is 3.14. The lowest BCUT2D eigenvalue weighted by Gasteiger charge is -2.29. The number of carbonyl (C=O) groups excluding carboxylic acids is 2. The van der Waals surface area contributed by atoms with Gasteiger partial charge in [-0.05, 0) is 57.4 Å². The molecular weight excluding hydrogens is 392 g/mol. The van der Waals surface area contributed by atoms with Gasteiger partial charge in [-0.2, -0.15) is 0 Å². The van der Waals surface area contributed by atoms with Crippen molar-refractivity contribution in [3.8, 4) is 11.5 Å². The summed E-state index contributed by atoms with van der Waals surface area (Å²) < 4.78 is 11.2. The molecule has 0 radical (unpaired) electrons. The summed E-state index contributed by atoms with van der Waals surface area (Å²) in [6.45, 7) is 9.12. The number of ether oxygens (including phenoxy) is 2. The quantitative estimate of drug-likeness (QED) is 0.703. The molecule has 1 N–H and O–H groups in total. The zero-order chi connectivity index (χ0) is 22.4. The number of rotatable bonds is 8. The first-order valence-corrected chi connectivity index (χ1v) is 10.9. The van der Waals surface area contributed by atoms with E-state index in [0.29, 0.717) is 32.6 Å². The SMILES string of the molecule is Cc1cccc(CN(C(=O)CCc2ccc3c(c2)OCCO3)[C@@H](C)C(=O)NC(C)C)c1. The van der Waals surface area contributed by atoms with Crippen molar-refractivity contribution in [1.29, 1.82) is 0 Å². The summed E-state index contributed by atoms with van der Waals surface area (Å²) in [7, 11) is 0. The zero-order valence-electron chi connectivity index (χ0n) is 18.8. The minimum atomic E-state index is -0.560. The average molecular weight is 425 g/mol. The number of fused-ring (bicyclic) bond motifs is 1. The van der Waals surface area contributed by atoms with E-state index in [0.717, 1.165) is 28.2 Å². The van der Waals surface area contributed by atoms with Crippen LogP contribution in [0.5, 0.6) is 11.5 Å². The second kappa shape index (κ2) is 10.3. The highest BCUT2D eigenvalue weighted by Crippen LogP contribution is 2.31. The fraction of sp³-hybridized carbons (Fsp3) is 0.440. The smallest absolute Gasteiger partial charge is 0.242 e. The van der Waals surface area contributed by atoms with Crippen molar-refractivity contribution >= 4 is 11.8 Å². The Hall–Kier alpha value is -3.02. The topological polar surface area (TPSA) is 67.9 Å². The van der Waals surface area contributed by atoms with E-state index in [9.17, 15) is 9.59 Å². The van der Waals surface area contributed by atoms with Gasteiger partial charge < -0.3 is 19.7 Å². The van der Waals surface area contributed by atoms with E-state index in [1.165, 1.54) is 0 Å². The third-order valence-corrected chi connectivity index (χ3v) is 5.27. The van der Waals surface area contributed by atoms with Crippen molar-refractivity contribution in [2.75, 3.05) is 13.2 Å². The van der Waals surface area contributed by atoms with Crippen LogP contribution >= 0.6 is 0 Å². The maximum atomic E-state index is 13.2. The summed E-state index contributed by atoms with van der Waals surface area (Å²) >= 11 is 0. The Morgan fingerprint density at radius 2 is 1.74 bits per heavy atom. The first kappa shape index (κ1) is 22.7. The van der Waals surface area contributed by atoms with Crippen LogP contribution in [-0.4, -0.2) is 42.0 Å². The molecule has 0 bridgehead atoms. The summed E-state index contributed by atoms with van der Waals surface area (Å²) in [6.07, 6.45) is 0.878. The van der Waals surface area contributed by atoms with Crippen molar-refractivity contribution < 1.29 is 19.1 Å². The maximum absolute atomic E-state index is 13.2. The predicted octanol–water partition coefficient (Wildman–Crippen LogP) is 3.64. The number of nitrogens with one attached hydrogen (secondary N) is 1. The molecule has 6 nitrogen and oxygen atoms in total. The molecule has 2 amide bonds. The van der Waals surface area contributed by atoms with Crippen LogP contribution < -0.4 is 14.8 Å². The highest BCUT2D eigenvalue weighted by molar-refractivity contribution is 5.87. The van der Waals surface area contributed by atoms with E-state index in [4.69, 9.17) is 9.47 Å². The molecule has 3 rings (SSSR count). The van der Waals surface area contributed by atoms with Gasteiger partial charge >= 0.3 is 0 Å². The van der Waals surface area contributed by atoms with Gasteiger partial charge in [0.05, 0.1) is 0 Å². The molecule has 0 spiro atoms. The number of aryl methyl sites for hydroxylation is 2. The van der Waals surface area contributed by atoms with Gasteiger partial charge in [-0.1, -0.05) is 35.9 Å². The van der Waals surface area contributed by atoms with Gasteiger partial charge in [0, 0.05) is 19.0 Å². The minimum absolute atomic E-state index is 0.0172. The Kier molecular flexibility index (Phi) is 7.55. The maximum Gasteiger partial charge on any atom is 0.242 e. The average Bonchev–Trinajstić information content (AvgIpc) is 2.74. The van der Waals surface area contributed by atoms with Gasteiger partial charge in [0.1, 0.15) is 19.3 Å². The first-order chi connectivity index (χ1) is 14.8. The summed E-state index contributed by atoms with van der Waals surface area (Å²) in [5.74, 6) is 1.26. The highest BCUT2D eigenvalue weighted by atomic mass is 16.6. The Morgan fingerprint density at radius 3 is 2.45 bits per heavy atom. The Balaban J connectivity index is 1.72. The molecule has 31 heavy (non-hydrogen) atoms. The van der Waals surface area contributed by atoms with Crippen LogP contribution in [0.15, 0.2) is 42.5 Å². The van der Waals surface area contributed by atoms with Crippen molar-refractivity contribution in [3.63, 3.8) is 0 Å². The lowest BCUT2D eigenvalue weighted by molar-refractivity contribution is -0.140. The van der Waals surface area contributed by atoms with Crippen LogP contribution in [0, 0.1) is 6.92 Å². The molecular formula is C25H32N2O4. The molecule has 0 saturated carbocycles. The predicted molar refractivity (Wildman–Crippen MR) is 120 cm³/mol. The van der Waals surface area contributed by atoms with E-state index in [2.05, 4.69) is 5.32 Å². The van der Waals surface area contributed by atoms with Gasteiger partial charge in [0.25, 0.3) is 0 Å². The Labute approximate surface area is 184 Å². The summed E-state index contributed by atoms with van der Waals surface area (Å²) in [4.78, 5) is 27.5. The van der Waals surface area contributed by atoms with E-state index < -0.39 is 6.04 Å². The molecule has 0 aliphatic carbocycles. The molecule has 1 aliphatic rings. The molecule has 2 aromatic rings. The number of nitrogens with zero attached hydrogens (tertiary/aromatic N) is 1. The third-order valence-electron chi connectivity index (χ3n) is 5.27. The molecule has 1 aliphatic heterocycles. The fourth-order valence-electron chi connectivity index (χ4n) is 3.63. The van der Waals surface area contributed by atoms with Gasteiger partial charge in [0.15, 0.2) is 11.5 Å². The van der Waals surface area contributed by atoms with Gasteiger partial charge in [-0.25, -0.2) is 0 Å². The van der Waals surface area contributed by atoms with Crippen LogP contribution in [0.25, 0.3) is 0 Å². The zero-order valence-corrected chi connectivity index (χ0v) is 18.8. The highest BCUT2D eigenvalue weighted by Gasteiger charge is 2.26. The summed E-state index contributed by atoms with van der Waals surface area (Å²) in [6, 6.07) is 13.3. The molecule has 0 unspecified atom stereocenters. The summed E-state index contributed by atoms with van der Waals surface area (Å²) in [5, 5.41) is 2.92. The fourth-order valence-corrected chi connectivity index (χ4v) is 3.63. The number of amides is 2. The lowest BCUT2D eigenvalue weighted by atomic mass is 10.1. The molecule has 0 saturated heterocycles. The van der Waals surface area contributed by atoms with Crippen molar-refractivity contribution in [2.45, 2.75) is 59.2 Å². The molecule has 1 heterocycles. The Morgan fingerprint density at radius 1 is 1.00 bits per heavy atom. The number of hydrogen-bond donors (Lipinski definition) is 1. The standard InChI is InChI=1S/C25H32N2O4/c1-17(2)26-25(29)19(4)27(16-21-7-5-6-18(3)14-21)24(28)11-9-20-8-10-22-23(15-20)31-13-12-30-22/h5-8,10,14-15,17,19H,9,11-13,16H2,1-4H3,(H,26,29)/t19-/m0/s1. The second-order valence-corrected chi connectivity index (χ2v) is 8.33. The minimum Gasteiger partial charge on any atom is -0.486 e. The van der Waals surface area contributed by atoms with Crippen LogP contribution in [0.2, 0.25) is 0 Å². The van der Waals surface area contributed by atoms with Crippen LogP contribution in [0.4, 0.5) is 0 Å². The molecule has 1 atom stereocenters. The van der Waals surface area contributed by atoms with E-state index in [1.54, 1.807) is 11.8 Å². The molecule has 2 aromatic carbocycles. The van der Waals surface area contributed by atoms with Gasteiger partial charge in [-0.15, -0.1) is 0 Å². The second-order valence-electron chi connectivity index (χ2n) is 8.33. The normalized spacial score (nSPS) is 13.6. The number of carbonyl (C=O) groups is 2. The van der Waals surface area contributed by atoms with Gasteiger partial charge in [-0.3, -0.25) is 9.59 Å². The molecule has 0 aromatic heterocycles. The monoisotopic (exact) mass is 424 g/mol. The van der Waals surface area contributed by atoms with Gasteiger partial charge in [0.2, 0.25) is 11.8 Å². The number of hydrogen-bond acceptors (Lipinski definition) is 4. The Bertz CT molecular complexity index is 925. The first-order valence-electron chi connectivity index (χ1n) is 10.9. The largest absolute Gasteiger partial charge is 0.486 e. The van der Waals surface area contributed by atoms with Crippen LogP contribution in [0.1, 0.15) is 43.9 Å². The van der Waals surface area contributed by atoms with Crippen molar-refractivity contribution in [2.24, 2.45) is 0 Å². The molecule has 0 fully saturated rings. The van der Waals surface area contributed by atoms with Crippen molar-refractivity contribution in [3.05, 3.63) is 59.2 Å². The number of benzene rings is 2. The molecule has 6 heteroatoms. The third kappa shape index (κ3) is 6.23. The van der Waals surface area contributed by atoms with Crippen LogP contribution in [0.3, 0.4) is 0 Å². The van der Waals surface area contributed by atoms with Crippen molar-refractivity contribution in [1.82, 2.24) is 10.2 Å². The lowest BCUT2D eigenvalue weighted by Crippen LogP contribution is -2.49. The van der Waals surface area contributed by atoms with Crippen LogP contribution in [-0.2, 0) is 22.6 Å². The van der Waals surface area contributed by atoms with E-state index in [1.807, 2.05) is 63.2 Å². The molecule has 166 valence electrons. The van der Waals surface area contributed by atoms with E-state index in [-0.39, 0.29) is 17.9 Å². The van der Waals surface area contributed by atoms with E-state index >= 15 is 0 Å².